The summed E-state index contributed by atoms with van der Waals surface area (Å²) in [6.45, 7) is 7.16. The van der Waals surface area contributed by atoms with Crippen molar-refractivity contribution in [2.75, 3.05) is 0 Å². The normalized spacial score (nSPS) is 16.1. The summed E-state index contributed by atoms with van der Waals surface area (Å²) in [5.41, 5.74) is 0. The van der Waals surface area contributed by atoms with Gasteiger partial charge in [-0.3, -0.25) is 0 Å². The first kappa shape index (κ1) is 33.4. The highest BCUT2D eigenvalue weighted by atomic mass is 28.5. The second-order valence-electron chi connectivity index (χ2n) is 8.56. The van der Waals surface area contributed by atoms with Gasteiger partial charge in [-0.05, 0) is 44.9 Å². The zero-order valence-electron chi connectivity index (χ0n) is 18.4. The van der Waals surface area contributed by atoms with Gasteiger partial charge in [-0.15, -0.1) is 0 Å². The van der Waals surface area contributed by atoms with E-state index in [-0.39, 0.29) is 0 Å². The molecule has 4 nitrogen and oxygen atoms in total. The van der Waals surface area contributed by atoms with E-state index in [4.69, 9.17) is 8.23 Å². The van der Waals surface area contributed by atoms with E-state index in [0.29, 0.717) is 0 Å². The Kier molecular flexibility index (Phi) is 9.19. The maximum absolute atomic E-state index is 14.2. The number of rotatable bonds is 13. The van der Waals surface area contributed by atoms with Crippen LogP contribution in [0.5, 0.6) is 0 Å². The van der Waals surface area contributed by atoms with Crippen molar-refractivity contribution < 1.29 is 70.5 Å². The van der Waals surface area contributed by atoms with Crippen LogP contribution in [-0.4, -0.2) is 70.8 Å². The summed E-state index contributed by atoms with van der Waals surface area (Å²) in [4.78, 5) is 19.7. The molecule has 0 aliphatic carbocycles. The molecule has 0 unspecified atom stereocenters. The largest absolute Gasteiger partial charge is 0.415 e. The predicted molar refractivity (Wildman–Crippen MR) is 102 cm³/mol. The molecule has 0 rings (SSSR count). The van der Waals surface area contributed by atoms with Crippen molar-refractivity contribution in [3.8, 4) is 0 Å². The minimum Gasteiger partial charge on any atom is -0.415 e. The Hall–Kier alpha value is -0.609. The van der Waals surface area contributed by atoms with Crippen LogP contribution < -0.4 is 0 Å². The van der Waals surface area contributed by atoms with Crippen LogP contribution in [0.4, 0.5) is 52.7 Å². The minimum absolute atomic E-state index is 0.878. The van der Waals surface area contributed by atoms with Crippen molar-refractivity contribution >= 4 is 25.7 Å². The fourth-order valence-corrected chi connectivity index (χ4v) is 13.3. The lowest BCUT2D eigenvalue weighted by atomic mass is 9.90. The third-order valence-corrected chi connectivity index (χ3v) is 12.8. The molecular formula is C15H24F12O4Si3. The molecule has 0 aromatic carbocycles. The average Bonchev–Trinajstić information content (AvgIpc) is 2.55. The van der Waals surface area contributed by atoms with Gasteiger partial charge in [-0.1, -0.05) is 6.58 Å². The van der Waals surface area contributed by atoms with Gasteiger partial charge in [-0.2, -0.15) is 52.7 Å². The maximum Gasteiger partial charge on any atom is 0.385 e. The fraction of sp³-hybridized carbons (Fsp3) is 0.867. The Balaban J connectivity index is 6.29. The lowest BCUT2D eigenvalue weighted by molar-refractivity contribution is -0.420. The van der Waals surface area contributed by atoms with Crippen LogP contribution in [0.15, 0.2) is 12.7 Å². The van der Waals surface area contributed by atoms with Gasteiger partial charge in [-0.25, -0.2) is 0 Å². The molecule has 0 aromatic rings. The quantitative estimate of drug-likeness (QED) is 0.163. The van der Waals surface area contributed by atoms with Crippen molar-refractivity contribution in [3.05, 3.63) is 12.7 Å². The molecule has 0 heterocycles. The molecule has 0 aliphatic heterocycles. The Morgan fingerprint density at radius 1 is 0.647 bits per heavy atom. The van der Waals surface area contributed by atoms with E-state index >= 15 is 0 Å². The summed E-state index contributed by atoms with van der Waals surface area (Å²) in [6.07, 6.45) is -3.66. The van der Waals surface area contributed by atoms with E-state index in [1.807, 2.05) is 6.58 Å². The van der Waals surface area contributed by atoms with Gasteiger partial charge in [0.1, 0.15) is 0 Å². The molecule has 0 amide bonds. The third kappa shape index (κ3) is 6.58. The Labute approximate surface area is 190 Å². The van der Waals surface area contributed by atoms with Crippen molar-refractivity contribution in [1.82, 2.24) is 0 Å². The topological polar surface area (TPSA) is 58.9 Å². The highest BCUT2D eigenvalue weighted by Gasteiger charge is 2.89. The second-order valence-corrected chi connectivity index (χ2v) is 18.7. The molecule has 0 fully saturated rings. The highest BCUT2D eigenvalue weighted by Crippen LogP contribution is 2.60. The van der Waals surface area contributed by atoms with E-state index in [0.717, 1.165) is 32.7 Å². The van der Waals surface area contributed by atoms with Crippen molar-refractivity contribution in [3.63, 3.8) is 0 Å². The smallest absolute Gasteiger partial charge is 0.385 e. The Bertz CT molecular complexity index is 719. The lowest BCUT2D eigenvalue weighted by Crippen LogP contribution is -2.70. The van der Waals surface area contributed by atoms with E-state index in [1.54, 1.807) is 0 Å². The molecule has 34 heavy (non-hydrogen) atoms. The minimum atomic E-state index is -7.69. The van der Waals surface area contributed by atoms with Gasteiger partial charge in [0.15, 0.2) is 0 Å². The number of hydrogen-bond acceptors (Lipinski definition) is 4. The Morgan fingerprint density at radius 2 is 0.971 bits per heavy atom. The zero-order valence-corrected chi connectivity index (χ0v) is 21.4. The second kappa shape index (κ2) is 9.36. The van der Waals surface area contributed by atoms with Gasteiger partial charge in [0.05, 0.1) is 0 Å². The molecule has 19 heteroatoms. The number of allylic oxidation sites excluding steroid dienone is 1. The number of hydrogen-bond donors (Lipinski definition) is 2. The van der Waals surface area contributed by atoms with Gasteiger partial charge in [0, 0.05) is 6.42 Å². The first-order valence-corrected chi connectivity index (χ1v) is 17.4. The summed E-state index contributed by atoms with van der Waals surface area (Å²) in [5.74, 6) is -42.2. The monoisotopic (exact) mass is 580 g/mol. The first-order chi connectivity index (χ1) is 14.4. The van der Waals surface area contributed by atoms with E-state index < -0.39 is 79.8 Å². The molecule has 0 spiro atoms. The maximum atomic E-state index is 14.2. The van der Waals surface area contributed by atoms with Crippen LogP contribution in [0.1, 0.15) is 6.42 Å². The van der Waals surface area contributed by atoms with E-state index in [1.165, 1.54) is 0 Å². The molecule has 0 atom stereocenters. The van der Waals surface area contributed by atoms with Crippen LogP contribution in [0.3, 0.4) is 0 Å². The first-order valence-electron chi connectivity index (χ1n) is 9.19. The predicted octanol–water partition coefficient (Wildman–Crippen LogP) is 5.87. The fourth-order valence-electron chi connectivity index (χ4n) is 2.68. The molecule has 0 bridgehead atoms. The van der Waals surface area contributed by atoms with E-state index in [2.05, 4.69) is 0 Å². The highest BCUT2D eigenvalue weighted by molar-refractivity contribution is 6.84. The molecule has 2 N–H and O–H groups in total. The van der Waals surface area contributed by atoms with Crippen molar-refractivity contribution in [2.24, 2.45) is 0 Å². The number of halogens is 12. The lowest BCUT2D eigenvalue weighted by Gasteiger charge is -2.42. The van der Waals surface area contributed by atoms with E-state index in [9.17, 15) is 62.3 Å². The molecule has 0 aromatic heterocycles. The molecule has 0 radical (unpaired) electrons. The van der Waals surface area contributed by atoms with Crippen LogP contribution >= 0.6 is 0 Å². The number of alkyl halides is 12. The van der Waals surface area contributed by atoms with Gasteiger partial charge in [0.2, 0.25) is 0 Å². The summed E-state index contributed by atoms with van der Waals surface area (Å²) < 4.78 is 175. The standard InChI is InChI=1S/C15H24F12O4Si3/c1-7-10(16,17)12(20,21)14(24,25)15(26,27)13(22,23)11(18,19)8-9-34(6,30-32(2,3)28)31-33(4,5)29/h7,28-29H,1,8-9H2,2-6H3. The van der Waals surface area contributed by atoms with Gasteiger partial charge >= 0.3 is 61.2 Å². The Morgan fingerprint density at radius 3 is 1.26 bits per heavy atom. The van der Waals surface area contributed by atoms with Gasteiger partial charge < -0.3 is 17.8 Å². The van der Waals surface area contributed by atoms with Crippen LogP contribution in [0.25, 0.3) is 0 Å². The zero-order chi connectivity index (χ0) is 28.0. The molecule has 204 valence electrons. The molecule has 0 aliphatic rings. The summed E-state index contributed by atoms with van der Waals surface area (Å²) in [7, 11) is -11.7. The van der Waals surface area contributed by atoms with Crippen LogP contribution in [-0.2, 0) is 8.23 Å². The molecule has 0 saturated carbocycles. The SMILES string of the molecule is C=CC(F)(F)C(F)(F)C(F)(F)C(F)(F)C(F)(F)C(F)(F)CC[Si](C)(O[Si](C)(C)O)O[Si](C)(C)O. The van der Waals surface area contributed by atoms with Crippen LogP contribution in [0.2, 0.25) is 38.8 Å². The third-order valence-electron chi connectivity index (χ3n) is 4.14. The van der Waals surface area contributed by atoms with Crippen molar-refractivity contribution in [2.45, 2.75) is 80.7 Å². The molecule has 0 saturated heterocycles. The summed E-state index contributed by atoms with van der Waals surface area (Å²) in [6, 6.07) is -1.41. The summed E-state index contributed by atoms with van der Waals surface area (Å²) in [5, 5.41) is 0. The van der Waals surface area contributed by atoms with Crippen LogP contribution in [0, 0.1) is 0 Å². The summed E-state index contributed by atoms with van der Waals surface area (Å²) >= 11 is 0. The average molecular weight is 581 g/mol. The van der Waals surface area contributed by atoms with Gasteiger partial charge in [0.25, 0.3) is 0 Å². The van der Waals surface area contributed by atoms with Crippen molar-refractivity contribution in [1.29, 1.82) is 0 Å². The molecular weight excluding hydrogens is 556 g/mol.